The first kappa shape index (κ1) is 19.8. The standard InChI is InChI=1S/C18H33NO4/c1-6-13(7-2)10-18(15(20)21,11-14-8-9-14)12-19-16(22)23-17(3,4)5/h13-14H,6-12H2,1-5H3,(H,19,22)(H,20,21). The number of hydrogen-bond donors (Lipinski definition) is 2. The van der Waals surface area contributed by atoms with E-state index in [-0.39, 0.29) is 6.54 Å². The van der Waals surface area contributed by atoms with Crippen LogP contribution < -0.4 is 5.32 Å². The van der Waals surface area contributed by atoms with Crippen LogP contribution >= 0.6 is 0 Å². The van der Waals surface area contributed by atoms with Crippen LogP contribution in [-0.2, 0) is 9.53 Å². The van der Waals surface area contributed by atoms with E-state index in [0.29, 0.717) is 24.7 Å². The second-order valence-corrected chi connectivity index (χ2v) is 7.98. The van der Waals surface area contributed by atoms with Crippen LogP contribution in [0.3, 0.4) is 0 Å². The van der Waals surface area contributed by atoms with E-state index in [9.17, 15) is 14.7 Å². The van der Waals surface area contributed by atoms with E-state index in [1.165, 1.54) is 0 Å². The van der Waals surface area contributed by atoms with E-state index in [1.54, 1.807) is 20.8 Å². The molecule has 1 aliphatic rings. The van der Waals surface area contributed by atoms with Gasteiger partial charge < -0.3 is 15.2 Å². The predicted molar refractivity (Wildman–Crippen MR) is 90.3 cm³/mol. The first-order valence-electron chi connectivity index (χ1n) is 8.82. The van der Waals surface area contributed by atoms with E-state index in [0.717, 1.165) is 25.7 Å². The van der Waals surface area contributed by atoms with Crippen LogP contribution in [0.15, 0.2) is 0 Å². The maximum absolute atomic E-state index is 12.1. The molecule has 0 aromatic carbocycles. The Balaban J connectivity index is 2.79. The topological polar surface area (TPSA) is 75.6 Å². The van der Waals surface area contributed by atoms with Gasteiger partial charge in [-0.3, -0.25) is 4.79 Å². The number of amides is 1. The normalized spacial score (nSPS) is 17.7. The molecule has 0 aliphatic heterocycles. The molecule has 1 aliphatic carbocycles. The fourth-order valence-electron chi connectivity index (χ4n) is 3.04. The molecule has 2 N–H and O–H groups in total. The SMILES string of the molecule is CCC(CC)CC(CNC(=O)OC(C)(C)C)(CC1CC1)C(=O)O. The van der Waals surface area contributed by atoms with E-state index in [2.05, 4.69) is 19.2 Å². The molecule has 0 radical (unpaired) electrons. The van der Waals surface area contributed by atoms with E-state index < -0.39 is 23.1 Å². The number of rotatable bonds is 9. The summed E-state index contributed by atoms with van der Waals surface area (Å²) in [4.78, 5) is 24.0. The summed E-state index contributed by atoms with van der Waals surface area (Å²) < 4.78 is 5.25. The summed E-state index contributed by atoms with van der Waals surface area (Å²) >= 11 is 0. The molecule has 0 spiro atoms. The lowest BCUT2D eigenvalue weighted by molar-refractivity contribution is -0.150. The summed E-state index contributed by atoms with van der Waals surface area (Å²) in [6, 6.07) is 0. The van der Waals surface area contributed by atoms with Gasteiger partial charge in [-0.05, 0) is 45.4 Å². The molecule has 1 saturated carbocycles. The minimum Gasteiger partial charge on any atom is -0.481 e. The molecular formula is C18H33NO4. The zero-order valence-electron chi connectivity index (χ0n) is 15.3. The number of carbonyl (C=O) groups excluding carboxylic acids is 1. The number of carbonyl (C=O) groups is 2. The number of alkyl carbamates (subject to hydrolysis) is 1. The molecule has 0 bridgehead atoms. The average molecular weight is 327 g/mol. The van der Waals surface area contributed by atoms with Crippen LogP contribution in [0.2, 0.25) is 0 Å². The van der Waals surface area contributed by atoms with Gasteiger partial charge in [0, 0.05) is 6.54 Å². The number of nitrogens with one attached hydrogen (secondary N) is 1. The number of aliphatic carboxylic acids is 1. The number of ether oxygens (including phenoxy) is 1. The fraction of sp³-hybridized carbons (Fsp3) is 0.889. The van der Waals surface area contributed by atoms with Crippen LogP contribution in [0.1, 0.15) is 73.1 Å². The van der Waals surface area contributed by atoms with Crippen molar-refractivity contribution in [2.24, 2.45) is 17.3 Å². The smallest absolute Gasteiger partial charge is 0.407 e. The Morgan fingerprint density at radius 3 is 2.17 bits per heavy atom. The predicted octanol–water partition coefficient (Wildman–Crippen LogP) is 4.21. The third-order valence-corrected chi connectivity index (χ3v) is 4.63. The lowest BCUT2D eigenvalue weighted by Crippen LogP contribution is -2.46. The van der Waals surface area contributed by atoms with Crippen LogP contribution in [0.25, 0.3) is 0 Å². The molecule has 0 aromatic heterocycles. The minimum absolute atomic E-state index is 0.143. The Kier molecular flexibility index (Phi) is 6.90. The Labute approximate surface area is 140 Å². The van der Waals surface area contributed by atoms with Gasteiger partial charge in [0.05, 0.1) is 5.41 Å². The molecule has 1 rings (SSSR count). The summed E-state index contributed by atoms with van der Waals surface area (Å²) in [5.41, 5.74) is -1.46. The van der Waals surface area contributed by atoms with E-state index in [1.807, 2.05) is 0 Å². The molecule has 0 saturated heterocycles. The summed E-state index contributed by atoms with van der Waals surface area (Å²) in [5, 5.41) is 12.6. The Hall–Kier alpha value is -1.26. The van der Waals surface area contributed by atoms with Gasteiger partial charge in [-0.25, -0.2) is 4.79 Å². The van der Waals surface area contributed by atoms with Gasteiger partial charge in [0.25, 0.3) is 0 Å². The monoisotopic (exact) mass is 327 g/mol. The average Bonchev–Trinajstić information content (AvgIpc) is 3.23. The first-order valence-corrected chi connectivity index (χ1v) is 8.82. The number of hydrogen-bond acceptors (Lipinski definition) is 3. The van der Waals surface area contributed by atoms with Crippen molar-refractivity contribution in [2.75, 3.05) is 6.54 Å². The van der Waals surface area contributed by atoms with Gasteiger partial charge in [0.15, 0.2) is 0 Å². The number of carboxylic acid groups (broad SMARTS) is 1. The molecule has 1 atom stereocenters. The Morgan fingerprint density at radius 1 is 1.22 bits per heavy atom. The highest BCUT2D eigenvalue weighted by atomic mass is 16.6. The van der Waals surface area contributed by atoms with Gasteiger partial charge in [0.2, 0.25) is 0 Å². The first-order chi connectivity index (χ1) is 10.6. The Morgan fingerprint density at radius 2 is 1.78 bits per heavy atom. The number of carboxylic acids is 1. The van der Waals surface area contributed by atoms with Crippen molar-refractivity contribution >= 4 is 12.1 Å². The lowest BCUT2D eigenvalue weighted by atomic mass is 9.73. The van der Waals surface area contributed by atoms with Crippen molar-refractivity contribution in [1.29, 1.82) is 0 Å². The fourth-order valence-corrected chi connectivity index (χ4v) is 3.04. The largest absolute Gasteiger partial charge is 0.481 e. The molecular weight excluding hydrogens is 294 g/mol. The van der Waals surface area contributed by atoms with Crippen molar-refractivity contribution in [2.45, 2.75) is 78.7 Å². The van der Waals surface area contributed by atoms with E-state index >= 15 is 0 Å². The van der Waals surface area contributed by atoms with Gasteiger partial charge >= 0.3 is 12.1 Å². The van der Waals surface area contributed by atoms with Gasteiger partial charge in [-0.2, -0.15) is 0 Å². The molecule has 0 aromatic rings. The second kappa shape index (κ2) is 8.02. The summed E-state index contributed by atoms with van der Waals surface area (Å²) in [5.74, 6) is 0.0542. The molecule has 134 valence electrons. The summed E-state index contributed by atoms with van der Waals surface area (Å²) in [6.07, 6.45) is 4.85. The van der Waals surface area contributed by atoms with Gasteiger partial charge in [-0.1, -0.05) is 39.5 Å². The third-order valence-electron chi connectivity index (χ3n) is 4.63. The summed E-state index contributed by atoms with van der Waals surface area (Å²) in [7, 11) is 0. The lowest BCUT2D eigenvalue weighted by Gasteiger charge is -2.33. The van der Waals surface area contributed by atoms with Crippen LogP contribution in [-0.4, -0.2) is 29.3 Å². The molecule has 0 heterocycles. The summed E-state index contributed by atoms with van der Waals surface area (Å²) in [6.45, 7) is 9.73. The van der Waals surface area contributed by atoms with Crippen molar-refractivity contribution in [1.82, 2.24) is 5.32 Å². The quantitative estimate of drug-likeness (QED) is 0.665. The molecule has 1 amide bonds. The molecule has 5 nitrogen and oxygen atoms in total. The molecule has 5 heteroatoms. The second-order valence-electron chi connectivity index (χ2n) is 7.98. The van der Waals surface area contributed by atoms with Crippen molar-refractivity contribution < 1.29 is 19.4 Å². The molecule has 1 unspecified atom stereocenters. The highest BCUT2D eigenvalue weighted by Gasteiger charge is 2.44. The zero-order chi connectivity index (χ0) is 17.7. The van der Waals surface area contributed by atoms with Crippen LogP contribution in [0.4, 0.5) is 4.79 Å². The third kappa shape index (κ3) is 6.80. The maximum Gasteiger partial charge on any atom is 0.407 e. The minimum atomic E-state index is -0.880. The zero-order valence-corrected chi connectivity index (χ0v) is 15.3. The molecule has 23 heavy (non-hydrogen) atoms. The van der Waals surface area contributed by atoms with Crippen molar-refractivity contribution in [3.05, 3.63) is 0 Å². The van der Waals surface area contributed by atoms with Gasteiger partial charge in [0.1, 0.15) is 5.60 Å². The van der Waals surface area contributed by atoms with Crippen molar-refractivity contribution in [3.63, 3.8) is 0 Å². The van der Waals surface area contributed by atoms with E-state index in [4.69, 9.17) is 4.74 Å². The molecule has 1 fully saturated rings. The highest BCUT2D eigenvalue weighted by Crippen LogP contribution is 2.44. The Bertz CT molecular complexity index is 408. The van der Waals surface area contributed by atoms with Crippen LogP contribution in [0.5, 0.6) is 0 Å². The van der Waals surface area contributed by atoms with Crippen molar-refractivity contribution in [3.8, 4) is 0 Å². The highest BCUT2D eigenvalue weighted by molar-refractivity contribution is 5.76. The maximum atomic E-state index is 12.1. The van der Waals surface area contributed by atoms with Gasteiger partial charge in [-0.15, -0.1) is 0 Å². The van der Waals surface area contributed by atoms with Crippen LogP contribution in [0, 0.1) is 17.3 Å².